The smallest absolute Gasteiger partial charge is 0.468 e. The van der Waals surface area contributed by atoms with Gasteiger partial charge in [-0.3, -0.25) is 13.9 Å². The number of hydrogen-bond donors (Lipinski definition) is 0. The van der Waals surface area contributed by atoms with E-state index in [1.54, 1.807) is 16.7 Å². The van der Waals surface area contributed by atoms with Crippen LogP contribution in [0.4, 0.5) is 0 Å². The Morgan fingerprint density at radius 2 is 1.47 bits per heavy atom. The maximum Gasteiger partial charge on any atom is 1.00 e. The SMILES string of the molecule is COC(=O)Cn1c(=O)n(CCc2ccc(-c3ccc(C#N)cc3)cc2)c2ccccc21.[K+]. The minimum absolute atomic E-state index is 0. The van der Waals surface area contributed by atoms with Crippen molar-refractivity contribution >= 4 is 17.0 Å². The van der Waals surface area contributed by atoms with Crippen molar-refractivity contribution in [1.29, 1.82) is 5.26 Å². The maximum atomic E-state index is 12.9. The van der Waals surface area contributed by atoms with Gasteiger partial charge in [-0.05, 0) is 47.4 Å². The van der Waals surface area contributed by atoms with Crippen LogP contribution in [-0.2, 0) is 29.0 Å². The first kappa shape index (κ1) is 24.2. The summed E-state index contributed by atoms with van der Waals surface area (Å²) < 4.78 is 7.89. The average Bonchev–Trinajstić information content (AvgIpc) is 3.08. The summed E-state index contributed by atoms with van der Waals surface area (Å²) >= 11 is 0. The van der Waals surface area contributed by atoms with Crippen molar-refractivity contribution in [2.24, 2.45) is 0 Å². The summed E-state index contributed by atoms with van der Waals surface area (Å²) in [5.41, 5.74) is 5.15. The molecule has 0 fully saturated rings. The average molecular weight is 451 g/mol. The van der Waals surface area contributed by atoms with Gasteiger partial charge in [-0.1, -0.05) is 48.5 Å². The number of benzene rings is 3. The number of esters is 1. The monoisotopic (exact) mass is 450 g/mol. The van der Waals surface area contributed by atoms with Crippen molar-refractivity contribution in [2.75, 3.05) is 7.11 Å². The fourth-order valence-corrected chi connectivity index (χ4v) is 3.68. The molecule has 1 aromatic heterocycles. The first-order chi connectivity index (χ1) is 15.1. The summed E-state index contributed by atoms with van der Waals surface area (Å²) in [6, 6.07) is 25.2. The minimum Gasteiger partial charge on any atom is -0.468 e. The third-order valence-corrected chi connectivity index (χ3v) is 5.37. The zero-order valence-electron chi connectivity index (χ0n) is 18.1. The zero-order chi connectivity index (χ0) is 21.8. The van der Waals surface area contributed by atoms with E-state index in [4.69, 9.17) is 10.00 Å². The van der Waals surface area contributed by atoms with Gasteiger partial charge in [0.05, 0.1) is 29.8 Å². The largest absolute Gasteiger partial charge is 1.00 e. The van der Waals surface area contributed by atoms with Gasteiger partial charge in [-0.25, -0.2) is 4.79 Å². The summed E-state index contributed by atoms with van der Waals surface area (Å²) in [5.74, 6) is -0.455. The van der Waals surface area contributed by atoms with Crippen LogP contribution < -0.4 is 57.1 Å². The Labute approximate surface area is 228 Å². The molecule has 0 aliphatic heterocycles. The first-order valence-electron chi connectivity index (χ1n) is 9.95. The standard InChI is InChI=1S/C25H21N3O3.K/c1-31-24(29)17-28-23-5-3-2-4-22(23)27(25(28)30)15-14-18-6-10-20(11-7-18)21-12-8-19(16-26)9-13-21;/h2-13H,14-15,17H2,1H3;/q;+1. The Kier molecular flexibility index (Phi) is 8.24. The number of aromatic nitrogens is 2. The molecule has 4 rings (SSSR count). The van der Waals surface area contributed by atoms with Crippen LogP contribution in [0, 0.1) is 11.3 Å². The van der Waals surface area contributed by atoms with E-state index in [0.29, 0.717) is 24.0 Å². The van der Waals surface area contributed by atoms with Crippen LogP contribution in [0.1, 0.15) is 11.1 Å². The molecule has 0 N–H and O–H groups in total. The van der Waals surface area contributed by atoms with Crippen LogP contribution >= 0.6 is 0 Å². The van der Waals surface area contributed by atoms with E-state index >= 15 is 0 Å². The quantitative estimate of drug-likeness (QED) is 0.321. The molecular formula is C25H21KN3O3+. The van der Waals surface area contributed by atoms with Gasteiger partial charge in [0.25, 0.3) is 0 Å². The Hall–Kier alpha value is -2.47. The number of nitriles is 1. The Bertz CT molecular complexity index is 1330. The van der Waals surface area contributed by atoms with E-state index in [1.807, 2.05) is 60.7 Å². The Balaban J connectivity index is 0.00000289. The third-order valence-electron chi connectivity index (χ3n) is 5.37. The molecule has 0 radical (unpaired) electrons. The summed E-state index contributed by atoms with van der Waals surface area (Å²) in [6.07, 6.45) is 0.680. The van der Waals surface area contributed by atoms with Gasteiger partial charge < -0.3 is 4.74 Å². The normalized spacial score (nSPS) is 10.4. The topological polar surface area (TPSA) is 77.0 Å². The van der Waals surface area contributed by atoms with Crippen LogP contribution in [0.3, 0.4) is 0 Å². The van der Waals surface area contributed by atoms with Gasteiger partial charge in [0.2, 0.25) is 0 Å². The number of aryl methyl sites for hydroxylation is 2. The van der Waals surface area contributed by atoms with Crippen molar-refractivity contribution in [1.82, 2.24) is 9.13 Å². The molecule has 0 saturated carbocycles. The second-order valence-electron chi connectivity index (χ2n) is 7.22. The second kappa shape index (κ2) is 10.9. The summed E-state index contributed by atoms with van der Waals surface area (Å²) in [5, 5.41) is 8.93. The number of carbonyl (C=O) groups is 1. The van der Waals surface area contributed by atoms with Crippen LogP contribution in [-0.4, -0.2) is 22.2 Å². The van der Waals surface area contributed by atoms with Crippen LogP contribution in [0.2, 0.25) is 0 Å². The van der Waals surface area contributed by atoms with Crippen molar-refractivity contribution in [3.63, 3.8) is 0 Å². The molecule has 0 atom stereocenters. The van der Waals surface area contributed by atoms with Gasteiger partial charge in [0, 0.05) is 6.54 Å². The Morgan fingerprint density at radius 3 is 2.03 bits per heavy atom. The first-order valence-corrected chi connectivity index (χ1v) is 9.95. The second-order valence-corrected chi connectivity index (χ2v) is 7.22. The molecule has 3 aromatic carbocycles. The summed E-state index contributed by atoms with van der Waals surface area (Å²) in [4.78, 5) is 24.7. The number of ether oxygens (including phenoxy) is 1. The molecule has 0 spiro atoms. The number of para-hydroxylation sites is 2. The van der Waals surface area contributed by atoms with Crippen LogP contribution in [0.25, 0.3) is 22.2 Å². The van der Waals surface area contributed by atoms with E-state index in [9.17, 15) is 9.59 Å². The van der Waals surface area contributed by atoms with E-state index in [-0.39, 0.29) is 63.6 Å². The fourth-order valence-electron chi connectivity index (χ4n) is 3.68. The number of methoxy groups -OCH3 is 1. The number of rotatable bonds is 6. The maximum absolute atomic E-state index is 12.9. The molecule has 6 nitrogen and oxygen atoms in total. The molecular weight excluding hydrogens is 429 g/mol. The van der Waals surface area contributed by atoms with Gasteiger partial charge >= 0.3 is 63.0 Å². The van der Waals surface area contributed by atoms with Crippen molar-refractivity contribution < 1.29 is 60.9 Å². The summed E-state index contributed by atoms with van der Waals surface area (Å²) in [7, 11) is 1.31. The number of nitrogens with zero attached hydrogens (tertiary/aromatic N) is 3. The fraction of sp³-hybridized carbons (Fsp3) is 0.160. The number of imidazole rings is 1. The van der Waals surface area contributed by atoms with Gasteiger partial charge in [-0.2, -0.15) is 5.26 Å². The van der Waals surface area contributed by atoms with Gasteiger partial charge in [-0.15, -0.1) is 0 Å². The minimum atomic E-state index is -0.455. The molecule has 0 amide bonds. The molecule has 7 heteroatoms. The van der Waals surface area contributed by atoms with E-state index in [2.05, 4.69) is 6.07 Å². The van der Waals surface area contributed by atoms with E-state index < -0.39 is 5.97 Å². The molecule has 0 saturated heterocycles. The van der Waals surface area contributed by atoms with Crippen LogP contribution in [0.5, 0.6) is 0 Å². The molecule has 154 valence electrons. The number of hydrogen-bond acceptors (Lipinski definition) is 4. The number of carbonyl (C=O) groups excluding carboxylic acids is 1. The molecule has 32 heavy (non-hydrogen) atoms. The molecule has 1 heterocycles. The zero-order valence-corrected chi connectivity index (χ0v) is 21.2. The third kappa shape index (κ3) is 5.12. The van der Waals surface area contributed by atoms with E-state index in [0.717, 1.165) is 22.2 Å². The van der Waals surface area contributed by atoms with Crippen molar-refractivity contribution in [2.45, 2.75) is 19.5 Å². The molecule has 0 bridgehead atoms. The number of fused-ring (bicyclic) bond motifs is 1. The predicted molar refractivity (Wildman–Crippen MR) is 119 cm³/mol. The molecule has 0 unspecified atom stereocenters. The molecule has 0 aliphatic rings. The van der Waals surface area contributed by atoms with Crippen molar-refractivity contribution in [3.05, 3.63) is 94.4 Å². The Morgan fingerprint density at radius 1 is 0.906 bits per heavy atom. The van der Waals surface area contributed by atoms with Crippen molar-refractivity contribution in [3.8, 4) is 17.2 Å². The summed E-state index contributed by atoms with van der Waals surface area (Å²) in [6.45, 7) is 0.395. The van der Waals surface area contributed by atoms with Gasteiger partial charge in [0.1, 0.15) is 6.54 Å². The molecule has 0 aliphatic carbocycles. The predicted octanol–water partition coefficient (Wildman–Crippen LogP) is 0.761. The van der Waals surface area contributed by atoms with Crippen LogP contribution in [0.15, 0.2) is 77.6 Å². The molecule has 4 aromatic rings. The van der Waals surface area contributed by atoms with E-state index in [1.165, 1.54) is 11.7 Å². The van der Waals surface area contributed by atoms with Gasteiger partial charge in [0.15, 0.2) is 0 Å².